The Balaban J connectivity index is 2.09. The normalized spacial score (nSPS) is 10.1. The van der Waals surface area contributed by atoms with E-state index in [-0.39, 0.29) is 5.91 Å². The zero-order chi connectivity index (χ0) is 13.0. The lowest BCUT2D eigenvalue weighted by Crippen LogP contribution is -2.12. The van der Waals surface area contributed by atoms with E-state index in [2.05, 4.69) is 39.8 Å². The molecule has 0 aliphatic rings. The van der Waals surface area contributed by atoms with E-state index in [4.69, 9.17) is 0 Å². The first-order valence-electron chi connectivity index (χ1n) is 5.71. The molecule has 1 aromatic carbocycles. The molecule has 18 heavy (non-hydrogen) atoms. The van der Waals surface area contributed by atoms with Crippen LogP contribution < -0.4 is 5.32 Å². The van der Waals surface area contributed by atoms with Crippen molar-refractivity contribution in [2.45, 2.75) is 13.3 Å². The van der Waals surface area contributed by atoms with Gasteiger partial charge in [0.2, 0.25) is 0 Å². The molecule has 0 spiro atoms. The maximum absolute atomic E-state index is 11.9. The predicted molar refractivity (Wildman–Crippen MR) is 80.7 cm³/mol. The Bertz CT molecular complexity index is 535. The van der Waals surface area contributed by atoms with Crippen LogP contribution in [0.4, 0.5) is 5.82 Å². The molecule has 0 unspecified atom stereocenters. The Kier molecular flexibility index (Phi) is 4.30. The standard InChI is InChI=1S/C14H13IN2O/c1-2-10-3-5-11(6-4-10)14(18)17-13-8-7-12(15)9-16-13/h3-9H,2H2,1H3,(H,16,17,18). The van der Waals surface area contributed by atoms with Crippen LogP contribution in [0.1, 0.15) is 22.8 Å². The molecule has 0 saturated heterocycles. The van der Waals surface area contributed by atoms with E-state index in [0.29, 0.717) is 11.4 Å². The first kappa shape index (κ1) is 13.0. The molecule has 1 heterocycles. The summed E-state index contributed by atoms with van der Waals surface area (Å²) in [5.74, 6) is 0.436. The minimum Gasteiger partial charge on any atom is -0.307 e. The Hall–Kier alpha value is -1.43. The third-order valence-corrected chi connectivity index (χ3v) is 3.23. The number of nitrogens with one attached hydrogen (secondary N) is 1. The van der Waals surface area contributed by atoms with Crippen molar-refractivity contribution in [2.24, 2.45) is 0 Å². The summed E-state index contributed by atoms with van der Waals surface area (Å²) in [5, 5.41) is 2.77. The van der Waals surface area contributed by atoms with Gasteiger partial charge in [0.15, 0.2) is 0 Å². The Morgan fingerprint density at radius 1 is 1.22 bits per heavy atom. The number of hydrogen-bond donors (Lipinski definition) is 1. The van der Waals surface area contributed by atoms with Crippen molar-refractivity contribution in [1.82, 2.24) is 4.98 Å². The monoisotopic (exact) mass is 352 g/mol. The zero-order valence-electron chi connectivity index (χ0n) is 9.98. The molecule has 1 N–H and O–H groups in total. The predicted octanol–water partition coefficient (Wildman–Crippen LogP) is 3.50. The van der Waals surface area contributed by atoms with E-state index in [1.165, 1.54) is 5.56 Å². The Labute approximate surface area is 120 Å². The van der Waals surface area contributed by atoms with E-state index in [1.807, 2.05) is 30.3 Å². The van der Waals surface area contributed by atoms with Crippen molar-refractivity contribution in [2.75, 3.05) is 5.32 Å². The second kappa shape index (κ2) is 5.95. The molecule has 0 saturated carbocycles. The second-order valence-electron chi connectivity index (χ2n) is 3.87. The van der Waals surface area contributed by atoms with Crippen LogP contribution in [0, 0.1) is 3.57 Å². The number of anilines is 1. The SMILES string of the molecule is CCc1ccc(C(=O)Nc2ccc(I)cn2)cc1. The van der Waals surface area contributed by atoms with Gasteiger partial charge in [0, 0.05) is 15.3 Å². The molecular weight excluding hydrogens is 339 g/mol. The molecule has 0 bridgehead atoms. The molecule has 3 nitrogen and oxygen atoms in total. The van der Waals surface area contributed by atoms with Crippen LogP contribution in [0.5, 0.6) is 0 Å². The lowest BCUT2D eigenvalue weighted by Gasteiger charge is -2.05. The highest BCUT2D eigenvalue weighted by molar-refractivity contribution is 14.1. The number of carbonyl (C=O) groups is 1. The van der Waals surface area contributed by atoms with Crippen molar-refractivity contribution < 1.29 is 4.79 Å². The van der Waals surface area contributed by atoms with Gasteiger partial charge >= 0.3 is 0 Å². The number of halogens is 1. The molecule has 0 atom stereocenters. The second-order valence-corrected chi connectivity index (χ2v) is 5.11. The summed E-state index contributed by atoms with van der Waals surface area (Å²) in [4.78, 5) is 16.1. The van der Waals surface area contributed by atoms with Crippen LogP contribution in [0.15, 0.2) is 42.6 Å². The quantitative estimate of drug-likeness (QED) is 0.860. The highest BCUT2D eigenvalue weighted by atomic mass is 127. The highest BCUT2D eigenvalue weighted by Crippen LogP contribution is 2.10. The summed E-state index contributed by atoms with van der Waals surface area (Å²) in [6.07, 6.45) is 2.69. The topological polar surface area (TPSA) is 42.0 Å². The van der Waals surface area contributed by atoms with Gasteiger partial charge in [-0.05, 0) is 58.8 Å². The van der Waals surface area contributed by atoms with Crippen molar-refractivity contribution in [3.05, 3.63) is 57.3 Å². The van der Waals surface area contributed by atoms with Crippen LogP contribution >= 0.6 is 22.6 Å². The number of pyridine rings is 1. The summed E-state index contributed by atoms with van der Waals surface area (Å²) < 4.78 is 1.04. The smallest absolute Gasteiger partial charge is 0.256 e. The lowest BCUT2D eigenvalue weighted by molar-refractivity contribution is 0.102. The Morgan fingerprint density at radius 2 is 1.94 bits per heavy atom. The average Bonchev–Trinajstić information content (AvgIpc) is 2.41. The largest absolute Gasteiger partial charge is 0.307 e. The van der Waals surface area contributed by atoms with Gasteiger partial charge in [-0.25, -0.2) is 4.98 Å². The molecule has 2 rings (SSSR count). The van der Waals surface area contributed by atoms with E-state index in [1.54, 1.807) is 12.3 Å². The third-order valence-electron chi connectivity index (χ3n) is 2.59. The van der Waals surface area contributed by atoms with Gasteiger partial charge in [0.25, 0.3) is 5.91 Å². The summed E-state index contributed by atoms with van der Waals surface area (Å²) in [7, 11) is 0. The van der Waals surface area contributed by atoms with Crippen molar-refractivity contribution >= 4 is 34.3 Å². The van der Waals surface area contributed by atoms with Crippen LogP contribution in [-0.2, 0) is 6.42 Å². The summed E-state index contributed by atoms with van der Waals surface area (Å²) in [5.41, 5.74) is 1.87. The first-order chi connectivity index (χ1) is 8.69. The molecule has 1 aromatic heterocycles. The zero-order valence-corrected chi connectivity index (χ0v) is 12.1. The van der Waals surface area contributed by atoms with E-state index >= 15 is 0 Å². The number of rotatable bonds is 3. The van der Waals surface area contributed by atoms with Gasteiger partial charge in [-0.15, -0.1) is 0 Å². The summed E-state index contributed by atoms with van der Waals surface area (Å²) in [6, 6.07) is 11.3. The molecule has 1 amide bonds. The number of aromatic nitrogens is 1. The summed E-state index contributed by atoms with van der Waals surface area (Å²) in [6.45, 7) is 2.09. The molecular formula is C14H13IN2O. The van der Waals surface area contributed by atoms with Gasteiger partial charge in [-0.2, -0.15) is 0 Å². The van der Waals surface area contributed by atoms with E-state index < -0.39 is 0 Å². The third kappa shape index (κ3) is 3.29. The van der Waals surface area contributed by atoms with Gasteiger partial charge in [-0.3, -0.25) is 4.79 Å². The number of benzene rings is 1. The fourth-order valence-electron chi connectivity index (χ4n) is 1.53. The molecule has 4 heteroatoms. The molecule has 0 fully saturated rings. The van der Waals surface area contributed by atoms with Crippen LogP contribution in [0.3, 0.4) is 0 Å². The maximum Gasteiger partial charge on any atom is 0.256 e. The molecule has 0 aliphatic heterocycles. The highest BCUT2D eigenvalue weighted by Gasteiger charge is 2.06. The van der Waals surface area contributed by atoms with E-state index in [0.717, 1.165) is 9.99 Å². The van der Waals surface area contributed by atoms with Crippen molar-refractivity contribution in [3.63, 3.8) is 0 Å². The van der Waals surface area contributed by atoms with Crippen LogP contribution in [0.25, 0.3) is 0 Å². The van der Waals surface area contributed by atoms with Gasteiger partial charge in [-0.1, -0.05) is 19.1 Å². The Morgan fingerprint density at radius 3 is 2.50 bits per heavy atom. The fraction of sp³-hybridized carbons (Fsp3) is 0.143. The molecule has 0 radical (unpaired) electrons. The fourth-order valence-corrected chi connectivity index (χ4v) is 1.85. The number of amides is 1. The summed E-state index contributed by atoms with van der Waals surface area (Å²) >= 11 is 2.17. The average molecular weight is 352 g/mol. The number of nitrogens with zero attached hydrogens (tertiary/aromatic N) is 1. The van der Waals surface area contributed by atoms with Gasteiger partial charge < -0.3 is 5.32 Å². The van der Waals surface area contributed by atoms with Gasteiger partial charge in [0.1, 0.15) is 5.82 Å². The molecule has 2 aromatic rings. The minimum atomic E-state index is -0.133. The number of carbonyl (C=O) groups excluding carboxylic acids is 1. The molecule has 92 valence electrons. The number of aryl methyl sites for hydroxylation is 1. The van der Waals surface area contributed by atoms with Crippen LogP contribution in [-0.4, -0.2) is 10.9 Å². The molecule has 0 aliphatic carbocycles. The maximum atomic E-state index is 11.9. The van der Waals surface area contributed by atoms with Crippen molar-refractivity contribution in [1.29, 1.82) is 0 Å². The van der Waals surface area contributed by atoms with Gasteiger partial charge in [0.05, 0.1) is 0 Å². The minimum absolute atomic E-state index is 0.133. The van der Waals surface area contributed by atoms with E-state index in [9.17, 15) is 4.79 Å². The van der Waals surface area contributed by atoms with Crippen molar-refractivity contribution in [3.8, 4) is 0 Å². The lowest BCUT2D eigenvalue weighted by atomic mass is 10.1. The number of hydrogen-bond acceptors (Lipinski definition) is 2. The first-order valence-corrected chi connectivity index (χ1v) is 6.79. The van der Waals surface area contributed by atoms with Crippen LogP contribution in [0.2, 0.25) is 0 Å².